The quantitative estimate of drug-likeness (QED) is 0.826. The van der Waals surface area contributed by atoms with Crippen LogP contribution in [0.3, 0.4) is 0 Å². The molecule has 1 aliphatic carbocycles. The van der Waals surface area contributed by atoms with E-state index in [1.54, 1.807) is 0 Å². The van der Waals surface area contributed by atoms with Crippen molar-refractivity contribution in [2.24, 2.45) is 11.8 Å². The topological polar surface area (TPSA) is 20.3 Å². The van der Waals surface area contributed by atoms with Crippen molar-refractivity contribution < 1.29 is 4.79 Å². The maximum Gasteiger partial charge on any atom is 0.225 e. The number of hydrogen-bond donors (Lipinski definition) is 0. The molecule has 1 aliphatic heterocycles. The Kier molecular flexibility index (Phi) is 4.30. The van der Waals surface area contributed by atoms with Gasteiger partial charge < -0.3 is 4.90 Å². The highest BCUT2D eigenvalue weighted by atomic mass is 35.5. The van der Waals surface area contributed by atoms with Gasteiger partial charge in [-0.15, -0.1) is 0 Å². The molecule has 3 heteroatoms. The number of nitrogens with zero attached hydrogens (tertiary/aromatic N) is 1. The van der Waals surface area contributed by atoms with Crippen LogP contribution < -0.4 is 0 Å². The molecule has 1 heterocycles. The van der Waals surface area contributed by atoms with E-state index in [4.69, 9.17) is 11.6 Å². The van der Waals surface area contributed by atoms with E-state index in [0.29, 0.717) is 17.7 Å². The molecule has 1 atom stereocenters. The largest absolute Gasteiger partial charge is 0.342 e. The van der Waals surface area contributed by atoms with Crippen molar-refractivity contribution in [3.05, 3.63) is 34.9 Å². The van der Waals surface area contributed by atoms with Crippen molar-refractivity contribution in [1.29, 1.82) is 0 Å². The van der Waals surface area contributed by atoms with Crippen LogP contribution in [0.15, 0.2) is 24.3 Å². The third kappa shape index (κ3) is 3.17. The molecule has 2 aliphatic rings. The number of carbonyl (C=O) groups excluding carboxylic acids is 1. The number of hydrogen-bond acceptors (Lipinski definition) is 1. The van der Waals surface area contributed by atoms with Crippen LogP contribution >= 0.6 is 11.6 Å². The van der Waals surface area contributed by atoms with Crippen LogP contribution in [-0.4, -0.2) is 23.9 Å². The first-order valence-electron chi connectivity index (χ1n) is 7.75. The third-order valence-electron chi connectivity index (χ3n) is 4.74. The van der Waals surface area contributed by atoms with Gasteiger partial charge in [0.15, 0.2) is 0 Å². The molecular formula is C17H22ClNO. The minimum Gasteiger partial charge on any atom is -0.342 e. The molecule has 0 radical (unpaired) electrons. The second-order valence-electron chi connectivity index (χ2n) is 6.25. The summed E-state index contributed by atoms with van der Waals surface area (Å²) >= 11 is 5.91. The van der Waals surface area contributed by atoms with E-state index in [0.717, 1.165) is 43.8 Å². The van der Waals surface area contributed by atoms with Crippen LogP contribution in [0.25, 0.3) is 0 Å². The molecule has 20 heavy (non-hydrogen) atoms. The number of halogens is 1. The van der Waals surface area contributed by atoms with Crippen LogP contribution in [0.5, 0.6) is 0 Å². The van der Waals surface area contributed by atoms with Gasteiger partial charge in [-0.25, -0.2) is 0 Å². The molecule has 1 saturated carbocycles. The van der Waals surface area contributed by atoms with Gasteiger partial charge in [-0.2, -0.15) is 0 Å². The average Bonchev–Trinajstić information content (AvgIpc) is 3.12. The molecule has 0 N–H and O–H groups in total. The van der Waals surface area contributed by atoms with Crippen molar-refractivity contribution in [2.45, 2.75) is 38.5 Å². The zero-order valence-electron chi connectivity index (χ0n) is 11.9. The molecule has 0 spiro atoms. The summed E-state index contributed by atoms with van der Waals surface area (Å²) in [6.07, 6.45) is 6.89. The molecule has 1 aromatic rings. The monoisotopic (exact) mass is 291 g/mol. The number of benzene rings is 1. The summed E-state index contributed by atoms with van der Waals surface area (Å²) in [5, 5.41) is 0.790. The smallest absolute Gasteiger partial charge is 0.225 e. The molecule has 1 aromatic carbocycles. The predicted molar refractivity (Wildman–Crippen MR) is 81.8 cm³/mol. The Balaban J connectivity index is 1.54. The first-order valence-corrected chi connectivity index (χ1v) is 8.13. The summed E-state index contributed by atoms with van der Waals surface area (Å²) < 4.78 is 0. The fourth-order valence-electron chi connectivity index (χ4n) is 3.58. The Hall–Kier alpha value is -1.02. The second kappa shape index (κ2) is 6.17. The molecule has 1 amide bonds. The molecule has 2 nitrogen and oxygen atoms in total. The highest BCUT2D eigenvalue weighted by molar-refractivity contribution is 6.30. The van der Waals surface area contributed by atoms with Gasteiger partial charge in [-0.3, -0.25) is 4.79 Å². The van der Waals surface area contributed by atoms with Gasteiger partial charge in [0.05, 0.1) is 0 Å². The lowest BCUT2D eigenvalue weighted by Gasteiger charge is -2.20. The van der Waals surface area contributed by atoms with E-state index in [1.165, 1.54) is 18.4 Å². The summed E-state index contributed by atoms with van der Waals surface area (Å²) in [6.45, 7) is 1.89. The predicted octanol–water partition coefficient (Wildman–Crippen LogP) is 3.92. The lowest BCUT2D eigenvalue weighted by atomic mass is 9.99. The summed E-state index contributed by atoms with van der Waals surface area (Å²) in [4.78, 5) is 14.5. The SMILES string of the molecule is O=C(C1CCCC1)N1CCC(Cc2ccc(Cl)cc2)C1. The van der Waals surface area contributed by atoms with Gasteiger partial charge in [0, 0.05) is 24.0 Å². The summed E-state index contributed by atoms with van der Waals surface area (Å²) in [6, 6.07) is 8.11. The molecule has 0 bridgehead atoms. The number of likely N-dealkylation sites (tertiary alicyclic amines) is 1. The Morgan fingerprint density at radius 1 is 1.15 bits per heavy atom. The van der Waals surface area contributed by atoms with E-state index in [-0.39, 0.29) is 0 Å². The maximum absolute atomic E-state index is 12.4. The minimum atomic E-state index is 0.323. The number of carbonyl (C=O) groups is 1. The minimum absolute atomic E-state index is 0.323. The third-order valence-corrected chi connectivity index (χ3v) is 4.99. The van der Waals surface area contributed by atoms with Crippen LogP contribution in [-0.2, 0) is 11.2 Å². The van der Waals surface area contributed by atoms with Gasteiger partial charge >= 0.3 is 0 Å². The normalized spacial score (nSPS) is 23.4. The Bertz CT molecular complexity index is 464. The highest BCUT2D eigenvalue weighted by Crippen LogP contribution is 2.29. The van der Waals surface area contributed by atoms with E-state index < -0.39 is 0 Å². The van der Waals surface area contributed by atoms with Crippen LogP contribution in [0.1, 0.15) is 37.7 Å². The van der Waals surface area contributed by atoms with Crippen LogP contribution in [0, 0.1) is 11.8 Å². The second-order valence-corrected chi connectivity index (χ2v) is 6.69. The Labute approximate surface area is 126 Å². The van der Waals surface area contributed by atoms with Crippen LogP contribution in [0.2, 0.25) is 5.02 Å². The van der Waals surface area contributed by atoms with E-state index in [9.17, 15) is 4.79 Å². The standard InChI is InChI=1S/C17H22ClNO/c18-16-7-5-13(6-8-16)11-14-9-10-19(12-14)17(20)15-3-1-2-4-15/h5-8,14-15H,1-4,9-12H2. The van der Waals surface area contributed by atoms with Crippen LogP contribution in [0.4, 0.5) is 0 Å². The molecule has 1 saturated heterocycles. The summed E-state index contributed by atoms with van der Waals surface area (Å²) in [5.74, 6) is 1.35. The fraction of sp³-hybridized carbons (Fsp3) is 0.588. The van der Waals surface area contributed by atoms with Gasteiger partial charge in [-0.05, 0) is 49.3 Å². The molecule has 1 unspecified atom stereocenters. The van der Waals surface area contributed by atoms with E-state index in [2.05, 4.69) is 17.0 Å². The van der Waals surface area contributed by atoms with Crippen molar-refractivity contribution >= 4 is 17.5 Å². The summed E-state index contributed by atoms with van der Waals surface area (Å²) in [5.41, 5.74) is 1.33. The van der Waals surface area contributed by atoms with E-state index in [1.807, 2.05) is 12.1 Å². The molecule has 0 aromatic heterocycles. The lowest BCUT2D eigenvalue weighted by Crippen LogP contribution is -2.33. The molecule has 2 fully saturated rings. The number of rotatable bonds is 3. The lowest BCUT2D eigenvalue weighted by molar-refractivity contribution is -0.134. The van der Waals surface area contributed by atoms with Crippen molar-refractivity contribution in [2.75, 3.05) is 13.1 Å². The molecule has 3 rings (SSSR count). The Morgan fingerprint density at radius 2 is 1.85 bits per heavy atom. The first-order chi connectivity index (χ1) is 9.72. The highest BCUT2D eigenvalue weighted by Gasteiger charge is 2.32. The Morgan fingerprint density at radius 3 is 2.55 bits per heavy atom. The average molecular weight is 292 g/mol. The number of amides is 1. The van der Waals surface area contributed by atoms with Crippen molar-refractivity contribution in [3.63, 3.8) is 0 Å². The van der Waals surface area contributed by atoms with Gasteiger partial charge in [-0.1, -0.05) is 36.6 Å². The maximum atomic E-state index is 12.4. The van der Waals surface area contributed by atoms with Gasteiger partial charge in [0.2, 0.25) is 5.91 Å². The van der Waals surface area contributed by atoms with Gasteiger partial charge in [0.1, 0.15) is 0 Å². The molecular weight excluding hydrogens is 270 g/mol. The zero-order valence-corrected chi connectivity index (χ0v) is 12.6. The molecule has 108 valence electrons. The van der Waals surface area contributed by atoms with Gasteiger partial charge in [0.25, 0.3) is 0 Å². The van der Waals surface area contributed by atoms with Crippen molar-refractivity contribution in [3.8, 4) is 0 Å². The first kappa shape index (κ1) is 13.9. The summed E-state index contributed by atoms with van der Waals surface area (Å²) in [7, 11) is 0. The zero-order chi connectivity index (χ0) is 13.9. The fourth-order valence-corrected chi connectivity index (χ4v) is 3.71. The van der Waals surface area contributed by atoms with Crippen molar-refractivity contribution in [1.82, 2.24) is 4.90 Å². The van der Waals surface area contributed by atoms with E-state index >= 15 is 0 Å².